The molecule has 7 nitrogen and oxygen atoms in total. The van der Waals surface area contributed by atoms with Crippen molar-refractivity contribution in [2.45, 2.75) is 0 Å². The number of hydrogen-bond donors (Lipinski definition) is 0. The maximum absolute atomic E-state index is 11.9. The summed E-state index contributed by atoms with van der Waals surface area (Å²) in [6.45, 7) is -0.391. The highest BCUT2D eigenvalue weighted by molar-refractivity contribution is 6.31. The molecule has 0 N–H and O–H groups in total. The summed E-state index contributed by atoms with van der Waals surface area (Å²) in [6, 6.07) is 11.9. The van der Waals surface area contributed by atoms with Crippen molar-refractivity contribution in [2.24, 2.45) is 0 Å². The maximum atomic E-state index is 11.9. The molecule has 0 unspecified atom stereocenters. The topological polar surface area (TPSA) is 95.7 Å². The standard InChI is InChI=1S/C16H12ClNO6/c17-12-6-7-13(14(10-12)18(21)22)16(20)24-9-8-23-15(19)11-4-2-1-3-5-11/h1-7,10H,8-9H2. The van der Waals surface area contributed by atoms with Crippen molar-refractivity contribution in [2.75, 3.05) is 13.2 Å². The fourth-order valence-corrected chi connectivity index (χ4v) is 2.00. The molecule has 0 aromatic heterocycles. The van der Waals surface area contributed by atoms with E-state index in [9.17, 15) is 19.7 Å². The predicted molar refractivity (Wildman–Crippen MR) is 85.1 cm³/mol. The quantitative estimate of drug-likeness (QED) is 0.344. The van der Waals surface area contributed by atoms with Crippen molar-refractivity contribution in [3.8, 4) is 0 Å². The van der Waals surface area contributed by atoms with E-state index in [4.69, 9.17) is 21.1 Å². The van der Waals surface area contributed by atoms with E-state index >= 15 is 0 Å². The van der Waals surface area contributed by atoms with Gasteiger partial charge in [-0.3, -0.25) is 10.1 Å². The number of carbonyl (C=O) groups is 2. The predicted octanol–water partition coefficient (Wildman–Crippen LogP) is 3.26. The van der Waals surface area contributed by atoms with Crippen LogP contribution in [0, 0.1) is 10.1 Å². The molecule has 24 heavy (non-hydrogen) atoms. The first-order valence-corrected chi connectivity index (χ1v) is 7.20. The summed E-state index contributed by atoms with van der Waals surface area (Å²) in [4.78, 5) is 33.8. The minimum atomic E-state index is -0.894. The molecule has 0 aliphatic rings. The van der Waals surface area contributed by atoms with E-state index in [-0.39, 0.29) is 23.8 Å². The Hall–Kier alpha value is -2.93. The van der Waals surface area contributed by atoms with E-state index < -0.39 is 22.5 Å². The molecule has 0 spiro atoms. The van der Waals surface area contributed by atoms with Crippen molar-refractivity contribution in [1.82, 2.24) is 0 Å². The molecule has 8 heteroatoms. The van der Waals surface area contributed by atoms with Gasteiger partial charge < -0.3 is 9.47 Å². The Morgan fingerprint density at radius 2 is 1.62 bits per heavy atom. The number of nitrogens with zero attached hydrogens (tertiary/aromatic N) is 1. The van der Waals surface area contributed by atoms with Crippen molar-refractivity contribution in [1.29, 1.82) is 0 Å². The molecule has 0 bridgehead atoms. The molecule has 2 aromatic rings. The van der Waals surface area contributed by atoms with Crippen molar-refractivity contribution in [3.05, 3.63) is 74.8 Å². The van der Waals surface area contributed by atoms with Crippen LogP contribution in [0.5, 0.6) is 0 Å². The molecule has 0 saturated heterocycles. The van der Waals surface area contributed by atoms with Crippen LogP contribution in [0.1, 0.15) is 20.7 Å². The molecular formula is C16H12ClNO6. The lowest BCUT2D eigenvalue weighted by molar-refractivity contribution is -0.385. The number of carbonyl (C=O) groups excluding carboxylic acids is 2. The van der Waals surface area contributed by atoms with Crippen LogP contribution in [0.15, 0.2) is 48.5 Å². The minimum Gasteiger partial charge on any atom is -0.458 e. The number of halogens is 1. The van der Waals surface area contributed by atoms with Gasteiger partial charge >= 0.3 is 11.9 Å². The van der Waals surface area contributed by atoms with Gasteiger partial charge in [-0.1, -0.05) is 29.8 Å². The fourth-order valence-electron chi connectivity index (χ4n) is 1.83. The van der Waals surface area contributed by atoms with Crippen LogP contribution in [-0.4, -0.2) is 30.1 Å². The van der Waals surface area contributed by atoms with E-state index in [1.807, 2.05) is 0 Å². The summed E-state index contributed by atoms with van der Waals surface area (Å²) >= 11 is 5.67. The van der Waals surface area contributed by atoms with Gasteiger partial charge in [0.1, 0.15) is 18.8 Å². The highest BCUT2D eigenvalue weighted by Crippen LogP contribution is 2.23. The number of benzene rings is 2. The summed E-state index contributed by atoms with van der Waals surface area (Å²) in [7, 11) is 0. The fraction of sp³-hybridized carbons (Fsp3) is 0.125. The second-order valence-corrected chi connectivity index (χ2v) is 4.99. The molecule has 0 saturated carbocycles. The first-order valence-electron chi connectivity index (χ1n) is 6.82. The zero-order chi connectivity index (χ0) is 17.5. The average molecular weight is 350 g/mol. The van der Waals surface area contributed by atoms with E-state index in [0.29, 0.717) is 5.56 Å². The third kappa shape index (κ3) is 4.53. The number of esters is 2. The van der Waals surface area contributed by atoms with Crippen LogP contribution in [-0.2, 0) is 9.47 Å². The second-order valence-electron chi connectivity index (χ2n) is 4.56. The molecule has 0 fully saturated rings. The Bertz CT molecular complexity index is 762. The lowest BCUT2D eigenvalue weighted by atomic mass is 10.2. The Balaban J connectivity index is 1.88. The largest absolute Gasteiger partial charge is 0.458 e. The zero-order valence-corrected chi connectivity index (χ0v) is 13.1. The molecule has 0 heterocycles. The number of rotatable bonds is 6. The molecule has 0 amide bonds. The van der Waals surface area contributed by atoms with Gasteiger partial charge in [-0.25, -0.2) is 9.59 Å². The molecule has 2 rings (SSSR count). The maximum Gasteiger partial charge on any atom is 0.345 e. The van der Waals surface area contributed by atoms with Crippen molar-refractivity contribution < 1.29 is 24.0 Å². The smallest absolute Gasteiger partial charge is 0.345 e. The Morgan fingerprint density at radius 1 is 1.00 bits per heavy atom. The van der Waals surface area contributed by atoms with Crippen LogP contribution < -0.4 is 0 Å². The van der Waals surface area contributed by atoms with Gasteiger partial charge in [0.2, 0.25) is 0 Å². The first-order chi connectivity index (χ1) is 11.5. The lowest BCUT2D eigenvalue weighted by Crippen LogP contribution is -2.15. The van der Waals surface area contributed by atoms with Gasteiger partial charge in [-0.05, 0) is 24.3 Å². The number of nitro groups is 1. The van der Waals surface area contributed by atoms with Gasteiger partial charge in [-0.2, -0.15) is 0 Å². The van der Waals surface area contributed by atoms with E-state index in [0.717, 1.165) is 6.07 Å². The van der Waals surface area contributed by atoms with E-state index in [2.05, 4.69) is 0 Å². The highest BCUT2D eigenvalue weighted by Gasteiger charge is 2.21. The van der Waals surface area contributed by atoms with Crippen molar-refractivity contribution in [3.63, 3.8) is 0 Å². The minimum absolute atomic E-state index is 0.134. The molecule has 2 aromatic carbocycles. The van der Waals surface area contributed by atoms with E-state index in [1.54, 1.807) is 30.3 Å². The summed E-state index contributed by atoms with van der Waals surface area (Å²) in [5.74, 6) is -1.45. The Kier molecular flexibility index (Phi) is 5.86. The zero-order valence-electron chi connectivity index (χ0n) is 12.3. The molecule has 0 aliphatic heterocycles. The van der Waals surface area contributed by atoms with Crippen LogP contribution in [0.2, 0.25) is 5.02 Å². The number of nitro benzene ring substituents is 1. The third-order valence-corrected chi connectivity index (χ3v) is 3.17. The average Bonchev–Trinajstić information content (AvgIpc) is 2.59. The first kappa shape index (κ1) is 17.4. The molecule has 124 valence electrons. The van der Waals surface area contributed by atoms with Crippen LogP contribution in [0.4, 0.5) is 5.69 Å². The number of hydrogen-bond acceptors (Lipinski definition) is 6. The van der Waals surface area contributed by atoms with Crippen molar-refractivity contribution >= 4 is 29.2 Å². The van der Waals surface area contributed by atoms with Crippen LogP contribution in [0.25, 0.3) is 0 Å². The summed E-state index contributed by atoms with van der Waals surface area (Å²) in [5, 5.41) is 11.1. The van der Waals surface area contributed by atoms with Gasteiger partial charge in [-0.15, -0.1) is 0 Å². The molecular weight excluding hydrogens is 338 g/mol. The summed E-state index contributed by atoms with van der Waals surface area (Å²) in [5.41, 5.74) is -0.301. The Morgan fingerprint density at radius 3 is 2.25 bits per heavy atom. The monoisotopic (exact) mass is 349 g/mol. The summed E-state index contributed by atoms with van der Waals surface area (Å²) < 4.78 is 9.82. The molecule has 0 aliphatic carbocycles. The van der Waals surface area contributed by atoms with Gasteiger partial charge in [0, 0.05) is 11.1 Å². The van der Waals surface area contributed by atoms with E-state index in [1.165, 1.54) is 12.1 Å². The Labute approximate surface area is 141 Å². The molecule has 0 radical (unpaired) electrons. The second kappa shape index (κ2) is 8.07. The lowest BCUT2D eigenvalue weighted by Gasteiger charge is -2.07. The third-order valence-electron chi connectivity index (χ3n) is 2.94. The highest BCUT2D eigenvalue weighted by atomic mass is 35.5. The molecule has 0 atom stereocenters. The van der Waals surface area contributed by atoms with Crippen LogP contribution in [0.3, 0.4) is 0 Å². The van der Waals surface area contributed by atoms with Gasteiger partial charge in [0.25, 0.3) is 5.69 Å². The van der Waals surface area contributed by atoms with Crippen LogP contribution >= 0.6 is 11.6 Å². The number of ether oxygens (including phenoxy) is 2. The summed E-state index contributed by atoms with van der Waals surface area (Å²) in [6.07, 6.45) is 0. The van der Waals surface area contributed by atoms with Gasteiger partial charge in [0.05, 0.1) is 10.5 Å². The normalized spacial score (nSPS) is 10.0. The van der Waals surface area contributed by atoms with Gasteiger partial charge in [0.15, 0.2) is 0 Å². The SMILES string of the molecule is O=C(OCCOC(=O)c1ccc(Cl)cc1[N+](=O)[O-])c1ccccc1.